The molecule has 2 rings (SSSR count). The lowest BCUT2D eigenvalue weighted by molar-refractivity contribution is 0.0517. The van der Waals surface area contributed by atoms with E-state index in [1.54, 1.807) is 7.11 Å². The minimum absolute atomic E-state index is 0.304. The molecule has 2 unspecified atom stereocenters. The molecule has 2 saturated carbocycles. The molecule has 0 heterocycles. The monoisotopic (exact) mass is 326 g/mol. The first-order valence-electron chi connectivity index (χ1n) is 9.03. The zero-order valence-corrected chi connectivity index (χ0v) is 15.2. The standard InChI is InChI=1S/C18H34N2O3/c1-17(2,3)23-16(21)19-12-14-6-5-7-15(14)20-13-18(8-9-18)10-11-22-4/h14-15,20H,5-13H2,1-4H3,(H,19,21). The highest BCUT2D eigenvalue weighted by atomic mass is 16.6. The Bertz CT molecular complexity index is 388. The zero-order valence-electron chi connectivity index (χ0n) is 15.2. The van der Waals surface area contributed by atoms with Crippen LogP contribution in [0.4, 0.5) is 4.79 Å². The van der Waals surface area contributed by atoms with Crippen LogP contribution in [0.15, 0.2) is 0 Å². The van der Waals surface area contributed by atoms with Crippen LogP contribution < -0.4 is 10.6 Å². The Kier molecular flexibility index (Phi) is 6.32. The lowest BCUT2D eigenvalue weighted by Gasteiger charge is -2.25. The highest BCUT2D eigenvalue weighted by Gasteiger charge is 2.42. The molecule has 0 bridgehead atoms. The normalized spacial score (nSPS) is 26.1. The van der Waals surface area contributed by atoms with Crippen molar-refractivity contribution in [2.45, 2.75) is 70.9 Å². The van der Waals surface area contributed by atoms with E-state index in [4.69, 9.17) is 9.47 Å². The van der Waals surface area contributed by atoms with Gasteiger partial charge in [-0.05, 0) is 64.2 Å². The Morgan fingerprint density at radius 3 is 2.61 bits per heavy atom. The first-order chi connectivity index (χ1) is 10.8. The molecule has 134 valence electrons. The van der Waals surface area contributed by atoms with Crippen LogP contribution >= 0.6 is 0 Å². The predicted octanol–water partition coefficient (Wildman–Crippen LogP) is 3.09. The Hall–Kier alpha value is -0.810. The van der Waals surface area contributed by atoms with E-state index in [9.17, 15) is 4.79 Å². The summed E-state index contributed by atoms with van der Waals surface area (Å²) in [6, 6.07) is 0.518. The van der Waals surface area contributed by atoms with Crippen LogP contribution in [-0.4, -0.2) is 44.5 Å². The molecular formula is C18H34N2O3. The van der Waals surface area contributed by atoms with Crippen LogP contribution in [0, 0.1) is 11.3 Å². The third kappa shape index (κ3) is 6.30. The van der Waals surface area contributed by atoms with Gasteiger partial charge >= 0.3 is 6.09 Å². The van der Waals surface area contributed by atoms with Crippen LogP contribution in [0.1, 0.15) is 59.3 Å². The molecule has 2 aliphatic carbocycles. The van der Waals surface area contributed by atoms with Crippen molar-refractivity contribution in [1.29, 1.82) is 0 Å². The van der Waals surface area contributed by atoms with E-state index in [1.807, 2.05) is 20.8 Å². The average Bonchev–Trinajstić information content (AvgIpc) is 3.09. The van der Waals surface area contributed by atoms with Crippen molar-refractivity contribution in [1.82, 2.24) is 10.6 Å². The molecule has 0 aliphatic heterocycles. The van der Waals surface area contributed by atoms with Crippen molar-refractivity contribution in [2.24, 2.45) is 11.3 Å². The molecule has 0 radical (unpaired) electrons. The number of rotatable bonds is 8. The number of alkyl carbamates (subject to hydrolysis) is 1. The van der Waals surface area contributed by atoms with Crippen molar-refractivity contribution >= 4 is 6.09 Å². The predicted molar refractivity (Wildman–Crippen MR) is 91.5 cm³/mol. The fourth-order valence-corrected chi connectivity index (χ4v) is 3.44. The van der Waals surface area contributed by atoms with E-state index in [1.165, 1.54) is 32.1 Å². The highest BCUT2D eigenvalue weighted by molar-refractivity contribution is 5.67. The maximum atomic E-state index is 11.8. The first kappa shape index (κ1) is 18.5. The number of methoxy groups -OCH3 is 1. The molecule has 0 aromatic carbocycles. The molecule has 0 aromatic rings. The summed E-state index contributed by atoms with van der Waals surface area (Å²) in [5, 5.41) is 6.70. The lowest BCUT2D eigenvalue weighted by atomic mass is 9.99. The van der Waals surface area contributed by atoms with Crippen LogP contribution in [0.25, 0.3) is 0 Å². The topological polar surface area (TPSA) is 59.6 Å². The van der Waals surface area contributed by atoms with Crippen LogP contribution in [-0.2, 0) is 9.47 Å². The fourth-order valence-electron chi connectivity index (χ4n) is 3.44. The molecule has 0 aromatic heterocycles. The van der Waals surface area contributed by atoms with E-state index in [0.29, 0.717) is 23.9 Å². The van der Waals surface area contributed by atoms with Crippen molar-refractivity contribution in [3.63, 3.8) is 0 Å². The van der Waals surface area contributed by atoms with Gasteiger partial charge in [0.1, 0.15) is 5.60 Å². The van der Waals surface area contributed by atoms with E-state index >= 15 is 0 Å². The summed E-state index contributed by atoms with van der Waals surface area (Å²) < 4.78 is 10.5. The fraction of sp³-hybridized carbons (Fsp3) is 0.944. The third-order valence-electron chi connectivity index (χ3n) is 5.10. The van der Waals surface area contributed by atoms with Gasteiger partial charge in [0.2, 0.25) is 0 Å². The van der Waals surface area contributed by atoms with E-state index in [0.717, 1.165) is 19.6 Å². The summed E-state index contributed by atoms with van der Waals surface area (Å²) in [6.45, 7) is 8.32. The minimum atomic E-state index is -0.433. The lowest BCUT2D eigenvalue weighted by Crippen LogP contribution is -2.42. The largest absolute Gasteiger partial charge is 0.444 e. The quantitative estimate of drug-likeness (QED) is 0.719. The molecule has 5 heteroatoms. The molecule has 2 atom stereocenters. The second-order valence-electron chi connectivity index (χ2n) is 8.30. The first-order valence-corrected chi connectivity index (χ1v) is 9.03. The van der Waals surface area contributed by atoms with Gasteiger partial charge in [0.05, 0.1) is 0 Å². The van der Waals surface area contributed by atoms with Crippen LogP contribution in [0.2, 0.25) is 0 Å². The molecule has 0 spiro atoms. The van der Waals surface area contributed by atoms with Crippen LogP contribution in [0.3, 0.4) is 0 Å². The van der Waals surface area contributed by atoms with E-state index in [2.05, 4.69) is 10.6 Å². The van der Waals surface area contributed by atoms with Gasteiger partial charge in [-0.3, -0.25) is 0 Å². The third-order valence-corrected chi connectivity index (χ3v) is 5.10. The second kappa shape index (κ2) is 7.84. The summed E-state index contributed by atoms with van der Waals surface area (Å²) >= 11 is 0. The summed E-state index contributed by atoms with van der Waals surface area (Å²) in [7, 11) is 1.78. The summed E-state index contributed by atoms with van der Waals surface area (Å²) in [4.78, 5) is 11.8. The van der Waals surface area contributed by atoms with Gasteiger partial charge in [-0.15, -0.1) is 0 Å². The Labute approximate surface area is 140 Å². The van der Waals surface area contributed by atoms with Crippen molar-refractivity contribution in [3.8, 4) is 0 Å². The minimum Gasteiger partial charge on any atom is -0.444 e. The average molecular weight is 326 g/mol. The van der Waals surface area contributed by atoms with Gasteiger partial charge in [0, 0.05) is 32.8 Å². The molecule has 2 fully saturated rings. The van der Waals surface area contributed by atoms with Gasteiger partial charge in [-0.25, -0.2) is 4.79 Å². The smallest absolute Gasteiger partial charge is 0.407 e. The molecule has 23 heavy (non-hydrogen) atoms. The van der Waals surface area contributed by atoms with E-state index in [-0.39, 0.29) is 6.09 Å². The Morgan fingerprint density at radius 2 is 2.00 bits per heavy atom. The van der Waals surface area contributed by atoms with Crippen molar-refractivity contribution < 1.29 is 14.3 Å². The molecule has 0 saturated heterocycles. The van der Waals surface area contributed by atoms with Crippen LogP contribution in [0.5, 0.6) is 0 Å². The maximum Gasteiger partial charge on any atom is 0.407 e. The van der Waals surface area contributed by atoms with Gasteiger partial charge in [0.25, 0.3) is 0 Å². The number of carbonyl (C=O) groups is 1. The summed E-state index contributed by atoms with van der Waals surface area (Å²) in [5.74, 6) is 0.515. The Balaban J connectivity index is 1.70. The van der Waals surface area contributed by atoms with E-state index < -0.39 is 5.60 Å². The molecule has 1 amide bonds. The molecule has 2 aliphatic rings. The van der Waals surface area contributed by atoms with Gasteiger partial charge in [0.15, 0.2) is 0 Å². The number of hydrogen-bond donors (Lipinski definition) is 2. The second-order valence-corrected chi connectivity index (χ2v) is 8.30. The van der Waals surface area contributed by atoms with Gasteiger partial charge < -0.3 is 20.1 Å². The molecule has 2 N–H and O–H groups in total. The number of carbonyl (C=O) groups excluding carboxylic acids is 1. The number of nitrogens with one attached hydrogen (secondary N) is 2. The zero-order chi connectivity index (χ0) is 16.9. The molecular weight excluding hydrogens is 292 g/mol. The van der Waals surface area contributed by atoms with Crippen molar-refractivity contribution in [2.75, 3.05) is 26.8 Å². The Morgan fingerprint density at radius 1 is 1.26 bits per heavy atom. The number of amides is 1. The highest BCUT2D eigenvalue weighted by Crippen LogP contribution is 2.48. The SMILES string of the molecule is COCCC1(CNC2CCCC2CNC(=O)OC(C)(C)C)CC1. The maximum absolute atomic E-state index is 11.8. The van der Waals surface area contributed by atoms with Crippen molar-refractivity contribution in [3.05, 3.63) is 0 Å². The van der Waals surface area contributed by atoms with Gasteiger partial charge in [-0.1, -0.05) is 6.42 Å². The number of ether oxygens (including phenoxy) is 2. The summed E-state index contributed by atoms with van der Waals surface area (Å²) in [5.41, 5.74) is 0.0405. The number of hydrogen-bond acceptors (Lipinski definition) is 4. The van der Waals surface area contributed by atoms with Gasteiger partial charge in [-0.2, -0.15) is 0 Å². The molecule has 5 nitrogen and oxygen atoms in total. The summed E-state index contributed by atoms with van der Waals surface area (Å²) in [6.07, 6.45) is 7.11.